The van der Waals surface area contributed by atoms with Gasteiger partial charge in [0, 0.05) is 29.0 Å². The van der Waals surface area contributed by atoms with Crippen molar-refractivity contribution in [1.82, 2.24) is 0 Å². The fraction of sp³-hybridized carbons (Fsp3) is 0.444. The predicted molar refractivity (Wildman–Crippen MR) is 82.3 cm³/mol. The summed E-state index contributed by atoms with van der Waals surface area (Å²) in [5.74, 6) is 0.0968. The second-order valence-corrected chi connectivity index (χ2v) is 6.46. The molecule has 0 saturated carbocycles. The zero-order chi connectivity index (χ0) is 16.2. The van der Waals surface area contributed by atoms with Crippen molar-refractivity contribution in [2.45, 2.75) is 45.6 Å². The summed E-state index contributed by atoms with van der Waals surface area (Å²) < 4.78 is 5.80. The van der Waals surface area contributed by atoms with Crippen LogP contribution < -0.4 is 0 Å². The van der Waals surface area contributed by atoms with Gasteiger partial charge in [-0.05, 0) is 31.9 Å². The number of benzene rings is 1. The first-order valence-corrected chi connectivity index (χ1v) is 7.52. The summed E-state index contributed by atoms with van der Waals surface area (Å²) >= 11 is 0. The van der Waals surface area contributed by atoms with E-state index in [1.54, 1.807) is 6.92 Å². The first kappa shape index (κ1) is 15.0. The van der Waals surface area contributed by atoms with Crippen LogP contribution in [0.3, 0.4) is 0 Å². The summed E-state index contributed by atoms with van der Waals surface area (Å²) in [7, 11) is 0. The third-order valence-electron chi connectivity index (χ3n) is 4.66. The first-order chi connectivity index (χ1) is 10.3. The van der Waals surface area contributed by atoms with Gasteiger partial charge >= 0.3 is 0 Å². The number of hydrogen-bond acceptors (Lipinski definition) is 4. The number of ketones is 2. The van der Waals surface area contributed by atoms with Crippen LogP contribution in [0.15, 0.2) is 17.7 Å². The van der Waals surface area contributed by atoms with E-state index in [1.807, 2.05) is 19.1 Å². The van der Waals surface area contributed by atoms with E-state index in [0.29, 0.717) is 23.5 Å². The largest absolute Gasteiger partial charge is 0.492 e. The number of rotatable bonds is 2. The van der Waals surface area contributed by atoms with Crippen LogP contribution in [-0.4, -0.2) is 23.3 Å². The fourth-order valence-corrected chi connectivity index (χ4v) is 3.63. The van der Waals surface area contributed by atoms with Crippen LogP contribution in [0.5, 0.6) is 0 Å². The molecular formula is C18H20O4. The lowest BCUT2D eigenvalue weighted by Crippen LogP contribution is -2.43. The van der Waals surface area contributed by atoms with Crippen molar-refractivity contribution in [3.63, 3.8) is 0 Å². The highest BCUT2D eigenvalue weighted by molar-refractivity contribution is 6.12. The number of carbonyl (C=O) groups excluding carboxylic acids is 2. The minimum atomic E-state index is -1.78. The summed E-state index contributed by atoms with van der Waals surface area (Å²) in [4.78, 5) is 24.4. The third kappa shape index (κ3) is 1.87. The lowest BCUT2D eigenvalue weighted by molar-refractivity contribution is -0.140. The van der Waals surface area contributed by atoms with E-state index in [9.17, 15) is 14.7 Å². The van der Waals surface area contributed by atoms with Crippen LogP contribution in [0.25, 0.3) is 5.76 Å². The molecule has 0 radical (unpaired) electrons. The highest BCUT2D eigenvalue weighted by atomic mass is 16.5. The molecule has 4 nitrogen and oxygen atoms in total. The van der Waals surface area contributed by atoms with Gasteiger partial charge < -0.3 is 9.84 Å². The van der Waals surface area contributed by atoms with Crippen LogP contribution in [-0.2, 0) is 19.9 Å². The second kappa shape index (κ2) is 4.78. The molecule has 2 atom stereocenters. The smallest absolute Gasteiger partial charge is 0.198 e. The Labute approximate surface area is 129 Å². The van der Waals surface area contributed by atoms with Gasteiger partial charge in [0.1, 0.15) is 11.5 Å². The SMILES string of the molecule is CC(=O)CC1(O)C(=O)C(C)=C2OCC(C)c3ccc(C)c1c32. The third-order valence-corrected chi connectivity index (χ3v) is 4.66. The monoisotopic (exact) mass is 300 g/mol. The van der Waals surface area contributed by atoms with Crippen molar-refractivity contribution in [2.75, 3.05) is 6.61 Å². The molecule has 2 aliphatic rings. The maximum atomic E-state index is 12.7. The molecule has 1 N–H and O–H groups in total. The quantitative estimate of drug-likeness (QED) is 0.912. The van der Waals surface area contributed by atoms with Crippen LogP contribution in [0.4, 0.5) is 0 Å². The Balaban J connectivity index is 2.39. The number of aliphatic hydroxyl groups is 1. The van der Waals surface area contributed by atoms with Gasteiger partial charge in [0.05, 0.1) is 6.61 Å². The molecule has 22 heavy (non-hydrogen) atoms. The number of aryl methyl sites for hydroxylation is 1. The molecule has 2 unspecified atom stereocenters. The first-order valence-electron chi connectivity index (χ1n) is 7.52. The molecule has 0 spiro atoms. The van der Waals surface area contributed by atoms with Crippen molar-refractivity contribution in [3.8, 4) is 0 Å². The van der Waals surface area contributed by atoms with E-state index in [4.69, 9.17) is 4.74 Å². The Morgan fingerprint density at radius 2 is 2.09 bits per heavy atom. The molecule has 1 aliphatic heterocycles. The topological polar surface area (TPSA) is 63.6 Å². The maximum absolute atomic E-state index is 12.7. The van der Waals surface area contributed by atoms with Crippen molar-refractivity contribution in [2.24, 2.45) is 0 Å². The van der Waals surface area contributed by atoms with Gasteiger partial charge in [-0.1, -0.05) is 19.1 Å². The van der Waals surface area contributed by atoms with Gasteiger partial charge in [-0.25, -0.2) is 0 Å². The molecule has 0 aromatic heterocycles. The van der Waals surface area contributed by atoms with Crippen molar-refractivity contribution < 1.29 is 19.4 Å². The van der Waals surface area contributed by atoms with Gasteiger partial charge in [0.2, 0.25) is 0 Å². The summed E-state index contributed by atoms with van der Waals surface area (Å²) in [5.41, 5.74) is 1.83. The van der Waals surface area contributed by atoms with E-state index >= 15 is 0 Å². The van der Waals surface area contributed by atoms with E-state index in [-0.39, 0.29) is 18.1 Å². The molecule has 0 fully saturated rings. The summed E-state index contributed by atoms with van der Waals surface area (Å²) in [5, 5.41) is 11.1. The molecule has 1 aromatic rings. The number of ether oxygens (including phenoxy) is 1. The highest BCUT2D eigenvalue weighted by Crippen LogP contribution is 2.48. The number of carbonyl (C=O) groups is 2. The van der Waals surface area contributed by atoms with E-state index in [0.717, 1.165) is 16.7 Å². The van der Waals surface area contributed by atoms with E-state index in [1.165, 1.54) is 6.92 Å². The van der Waals surface area contributed by atoms with Gasteiger partial charge in [0.25, 0.3) is 0 Å². The Bertz CT molecular complexity index is 729. The van der Waals surface area contributed by atoms with Crippen LogP contribution in [0.2, 0.25) is 0 Å². The predicted octanol–water partition coefficient (Wildman–Crippen LogP) is 2.61. The van der Waals surface area contributed by atoms with E-state index < -0.39 is 11.4 Å². The highest BCUT2D eigenvalue weighted by Gasteiger charge is 2.49. The lowest BCUT2D eigenvalue weighted by atomic mass is 9.70. The van der Waals surface area contributed by atoms with Gasteiger partial charge in [-0.3, -0.25) is 9.59 Å². The lowest BCUT2D eigenvalue weighted by Gasteiger charge is -2.39. The summed E-state index contributed by atoms with van der Waals surface area (Å²) in [6, 6.07) is 3.94. The average Bonchev–Trinajstić information content (AvgIpc) is 2.43. The minimum absolute atomic E-state index is 0.181. The molecule has 1 aliphatic carbocycles. The Morgan fingerprint density at radius 3 is 2.73 bits per heavy atom. The van der Waals surface area contributed by atoms with Crippen LogP contribution in [0.1, 0.15) is 55.4 Å². The molecule has 4 heteroatoms. The van der Waals surface area contributed by atoms with Crippen LogP contribution >= 0.6 is 0 Å². The van der Waals surface area contributed by atoms with Gasteiger partial charge in [0.15, 0.2) is 11.4 Å². The average molecular weight is 300 g/mol. The normalized spacial score (nSPS) is 26.6. The molecule has 1 heterocycles. The molecule has 1 aromatic carbocycles. The Morgan fingerprint density at radius 1 is 1.41 bits per heavy atom. The summed E-state index contributed by atoms with van der Waals surface area (Å²) in [6.07, 6.45) is -0.206. The standard InChI is InChI=1S/C18H20O4/c1-9-5-6-13-10(2)8-22-16-12(4)17(20)18(21,7-11(3)19)15(9)14(13)16/h5-6,10,21H,7-8H2,1-4H3. The molecule has 0 bridgehead atoms. The zero-order valence-corrected chi connectivity index (χ0v) is 13.3. The summed E-state index contributed by atoms with van der Waals surface area (Å²) in [6.45, 7) is 7.47. The zero-order valence-electron chi connectivity index (χ0n) is 13.3. The van der Waals surface area contributed by atoms with Gasteiger partial charge in [-0.2, -0.15) is 0 Å². The van der Waals surface area contributed by atoms with Crippen molar-refractivity contribution in [3.05, 3.63) is 40.0 Å². The Kier molecular flexibility index (Phi) is 3.25. The fourth-order valence-electron chi connectivity index (χ4n) is 3.63. The Hall–Kier alpha value is -1.94. The van der Waals surface area contributed by atoms with Crippen molar-refractivity contribution >= 4 is 17.3 Å². The molecular weight excluding hydrogens is 280 g/mol. The number of Topliss-reactive ketones (excluding diaryl/α,β-unsaturated/α-hetero) is 2. The molecule has 0 saturated heterocycles. The van der Waals surface area contributed by atoms with E-state index in [2.05, 4.69) is 6.92 Å². The minimum Gasteiger partial charge on any atom is -0.492 e. The second-order valence-electron chi connectivity index (χ2n) is 6.46. The maximum Gasteiger partial charge on any atom is 0.198 e. The van der Waals surface area contributed by atoms with Crippen molar-refractivity contribution in [1.29, 1.82) is 0 Å². The molecule has 116 valence electrons. The molecule has 3 rings (SSSR count). The van der Waals surface area contributed by atoms with Gasteiger partial charge in [-0.15, -0.1) is 0 Å². The molecule has 0 amide bonds. The van der Waals surface area contributed by atoms with Crippen LogP contribution in [0, 0.1) is 6.92 Å². The number of hydrogen-bond donors (Lipinski definition) is 1.